The zero-order valence-corrected chi connectivity index (χ0v) is 19.5. The van der Waals surface area contributed by atoms with E-state index in [4.69, 9.17) is 9.47 Å². The molecule has 3 rings (SSSR count). The molecule has 2 N–H and O–H groups in total. The van der Waals surface area contributed by atoms with E-state index < -0.39 is 22.0 Å². The van der Waals surface area contributed by atoms with Gasteiger partial charge in [0.1, 0.15) is 17.5 Å². The van der Waals surface area contributed by atoms with Crippen molar-refractivity contribution >= 4 is 15.9 Å². The summed E-state index contributed by atoms with van der Waals surface area (Å²) in [6.45, 7) is 2.54. The van der Waals surface area contributed by atoms with E-state index in [1.807, 2.05) is 55.5 Å². The smallest absolute Gasteiger partial charge is 0.241 e. The lowest BCUT2D eigenvalue weighted by atomic mass is 10.1. The first-order valence-corrected chi connectivity index (χ1v) is 12.1. The Bertz CT molecular complexity index is 1150. The van der Waals surface area contributed by atoms with Gasteiger partial charge in [-0.1, -0.05) is 48.5 Å². The molecule has 1 atom stereocenters. The first-order valence-electron chi connectivity index (χ1n) is 10.6. The summed E-state index contributed by atoms with van der Waals surface area (Å²) in [5.74, 6) is 0.790. The van der Waals surface area contributed by atoms with E-state index in [1.165, 1.54) is 12.1 Å². The first kappa shape index (κ1) is 24.3. The van der Waals surface area contributed by atoms with Crippen LogP contribution in [0.2, 0.25) is 0 Å². The zero-order chi connectivity index (χ0) is 23.7. The molecule has 1 amide bonds. The molecule has 0 aliphatic rings. The van der Waals surface area contributed by atoms with Crippen molar-refractivity contribution in [1.29, 1.82) is 0 Å². The number of para-hydroxylation sites is 1. The standard InChI is InChI=1S/C25H28N2O5S/c1-3-32-21-13-15-22(16-14-21)33(29,30)27-23(17-19-9-5-4-6-10-19)25(28)26-18-20-11-7-8-12-24(20)31-2/h4-16,23,27H,3,17-18H2,1-2H3,(H,26,28)/t23-/m1/s1. The molecule has 0 aliphatic carbocycles. The van der Waals surface area contributed by atoms with Crippen LogP contribution in [0, 0.1) is 0 Å². The molecule has 33 heavy (non-hydrogen) atoms. The molecule has 3 aromatic carbocycles. The van der Waals surface area contributed by atoms with Gasteiger partial charge in [-0.3, -0.25) is 4.79 Å². The topological polar surface area (TPSA) is 93.7 Å². The van der Waals surface area contributed by atoms with Gasteiger partial charge in [-0.25, -0.2) is 8.42 Å². The van der Waals surface area contributed by atoms with Gasteiger partial charge in [-0.05, 0) is 49.2 Å². The molecule has 0 unspecified atom stereocenters. The monoisotopic (exact) mass is 468 g/mol. The van der Waals surface area contributed by atoms with Gasteiger partial charge in [0.2, 0.25) is 15.9 Å². The second-order valence-electron chi connectivity index (χ2n) is 7.30. The highest BCUT2D eigenvalue weighted by molar-refractivity contribution is 7.89. The van der Waals surface area contributed by atoms with Crippen LogP contribution >= 0.6 is 0 Å². The molecule has 0 bridgehead atoms. The van der Waals surface area contributed by atoms with Crippen LogP contribution in [0.5, 0.6) is 11.5 Å². The zero-order valence-electron chi connectivity index (χ0n) is 18.7. The predicted molar refractivity (Wildman–Crippen MR) is 127 cm³/mol. The summed E-state index contributed by atoms with van der Waals surface area (Å²) in [6.07, 6.45) is 0.203. The Morgan fingerprint density at radius 3 is 2.27 bits per heavy atom. The molecule has 0 saturated heterocycles. The van der Waals surface area contributed by atoms with Gasteiger partial charge < -0.3 is 14.8 Å². The third-order valence-corrected chi connectivity index (χ3v) is 6.47. The van der Waals surface area contributed by atoms with Crippen molar-refractivity contribution in [3.05, 3.63) is 90.0 Å². The van der Waals surface area contributed by atoms with Crippen LogP contribution in [-0.2, 0) is 27.8 Å². The highest BCUT2D eigenvalue weighted by Crippen LogP contribution is 2.18. The Morgan fingerprint density at radius 1 is 0.939 bits per heavy atom. The highest BCUT2D eigenvalue weighted by atomic mass is 32.2. The second kappa shape index (κ2) is 11.5. The Balaban J connectivity index is 1.79. The fraction of sp³-hybridized carbons (Fsp3) is 0.240. The molecule has 0 heterocycles. The number of ether oxygens (including phenoxy) is 2. The molecule has 8 heteroatoms. The fourth-order valence-electron chi connectivity index (χ4n) is 3.33. The van der Waals surface area contributed by atoms with E-state index in [9.17, 15) is 13.2 Å². The van der Waals surface area contributed by atoms with Gasteiger partial charge >= 0.3 is 0 Å². The van der Waals surface area contributed by atoms with Crippen LogP contribution in [0.15, 0.2) is 83.8 Å². The average Bonchev–Trinajstić information content (AvgIpc) is 2.83. The maximum absolute atomic E-state index is 13.1. The number of hydrogen-bond donors (Lipinski definition) is 2. The Kier molecular flexibility index (Phi) is 8.46. The molecule has 0 radical (unpaired) electrons. The van der Waals surface area contributed by atoms with E-state index in [2.05, 4.69) is 10.0 Å². The van der Waals surface area contributed by atoms with Crippen LogP contribution in [0.3, 0.4) is 0 Å². The minimum absolute atomic E-state index is 0.0570. The first-order chi connectivity index (χ1) is 15.9. The van der Waals surface area contributed by atoms with E-state index in [-0.39, 0.29) is 17.9 Å². The fourth-order valence-corrected chi connectivity index (χ4v) is 4.52. The number of rotatable bonds is 11. The largest absolute Gasteiger partial charge is 0.496 e. The lowest BCUT2D eigenvalue weighted by Crippen LogP contribution is -2.47. The van der Waals surface area contributed by atoms with Crippen LogP contribution in [0.4, 0.5) is 0 Å². The highest BCUT2D eigenvalue weighted by Gasteiger charge is 2.26. The summed E-state index contributed by atoms with van der Waals surface area (Å²) in [5.41, 5.74) is 1.63. The molecule has 0 spiro atoms. The van der Waals surface area contributed by atoms with Crippen LogP contribution < -0.4 is 19.5 Å². The van der Waals surface area contributed by atoms with Crippen molar-refractivity contribution in [2.75, 3.05) is 13.7 Å². The van der Waals surface area contributed by atoms with Gasteiger partial charge in [0.25, 0.3) is 0 Å². The number of methoxy groups -OCH3 is 1. The molecule has 174 valence electrons. The van der Waals surface area contributed by atoms with E-state index in [1.54, 1.807) is 25.3 Å². The number of amides is 1. The third-order valence-electron chi connectivity index (χ3n) is 4.99. The van der Waals surface area contributed by atoms with Gasteiger partial charge in [0.05, 0.1) is 18.6 Å². The number of sulfonamides is 1. The maximum atomic E-state index is 13.1. The lowest BCUT2D eigenvalue weighted by Gasteiger charge is -2.19. The van der Waals surface area contributed by atoms with Crippen LogP contribution in [-0.4, -0.2) is 34.1 Å². The molecule has 3 aromatic rings. The average molecular weight is 469 g/mol. The second-order valence-corrected chi connectivity index (χ2v) is 9.01. The Hall–Kier alpha value is -3.36. The molecular weight excluding hydrogens is 440 g/mol. The molecule has 0 fully saturated rings. The summed E-state index contributed by atoms with van der Waals surface area (Å²) >= 11 is 0. The number of carbonyl (C=O) groups excluding carboxylic acids is 1. The number of carbonyl (C=O) groups is 1. The van der Waals surface area contributed by atoms with E-state index in [0.717, 1.165) is 11.1 Å². The SMILES string of the molecule is CCOc1ccc(S(=O)(=O)N[C@H](Cc2ccccc2)C(=O)NCc2ccccc2OC)cc1. The van der Waals surface area contributed by atoms with Crippen LogP contribution in [0.1, 0.15) is 18.1 Å². The van der Waals surface area contributed by atoms with E-state index in [0.29, 0.717) is 18.1 Å². The van der Waals surface area contributed by atoms with Gasteiger partial charge in [0.15, 0.2) is 0 Å². The number of hydrogen-bond acceptors (Lipinski definition) is 5. The summed E-state index contributed by atoms with van der Waals surface area (Å²) in [6, 6.07) is 21.7. The summed E-state index contributed by atoms with van der Waals surface area (Å²) < 4.78 is 39.3. The molecular formula is C25H28N2O5S. The van der Waals surface area contributed by atoms with Gasteiger partial charge in [0, 0.05) is 12.1 Å². The molecule has 7 nitrogen and oxygen atoms in total. The predicted octanol–water partition coefficient (Wildman–Crippen LogP) is 3.30. The van der Waals surface area contributed by atoms with Crippen LogP contribution in [0.25, 0.3) is 0 Å². The normalized spacial score (nSPS) is 12.1. The quantitative estimate of drug-likeness (QED) is 0.450. The molecule has 0 aliphatic heterocycles. The minimum Gasteiger partial charge on any atom is -0.496 e. The van der Waals surface area contributed by atoms with Crippen molar-refractivity contribution in [2.45, 2.75) is 30.8 Å². The Labute approximate surface area is 194 Å². The van der Waals surface area contributed by atoms with Crippen molar-refractivity contribution in [1.82, 2.24) is 10.0 Å². The summed E-state index contributed by atoms with van der Waals surface area (Å²) in [5, 5.41) is 2.83. The number of benzene rings is 3. The minimum atomic E-state index is -3.94. The van der Waals surface area contributed by atoms with Crippen molar-refractivity contribution < 1.29 is 22.7 Å². The van der Waals surface area contributed by atoms with Gasteiger partial charge in [-0.2, -0.15) is 4.72 Å². The van der Waals surface area contributed by atoms with E-state index >= 15 is 0 Å². The van der Waals surface area contributed by atoms with Crippen molar-refractivity contribution in [3.8, 4) is 11.5 Å². The lowest BCUT2D eigenvalue weighted by molar-refractivity contribution is -0.122. The molecule has 0 aromatic heterocycles. The van der Waals surface area contributed by atoms with Gasteiger partial charge in [-0.15, -0.1) is 0 Å². The summed E-state index contributed by atoms with van der Waals surface area (Å²) in [7, 11) is -2.38. The number of nitrogens with one attached hydrogen (secondary N) is 2. The maximum Gasteiger partial charge on any atom is 0.241 e. The van der Waals surface area contributed by atoms with Crippen molar-refractivity contribution in [2.24, 2.45) is 0 Å². The summed E-state index contributed by atoms with van der Waals surface area (Å²) in [4.78, 5) is 13.1. The van der Waals surface area contributed by atoms with Crippen molar-refractivity contribution in [3.63, 3.8) is 0 Å². The third kappa shape index (κ3) is 6.81. The molecule has 0 saturated carbocycles. The Morgan fingerprint density at radius 2 is 1.61 bits per heavy atom.